The van der Waals surface area contributed by atoms with Gasteiger partial charge < -0.3 is 5.32 Å². The summed E-state index contributed by atoms with van der Waals surface area (Å²) >= 11 is 0. The number of carbonyl (C=O) groups excluding carboxylic acids is 1. The second kappa shape index (κ2) is 7.52. The number of hydrogen-bond acceptors (Lipinski definition) is 5. The lowest BCUT2D eigenvalue weighted by Gasteiger charge is -2.18. The number of aliphatic imine (C=N–C) groups is 1. The highest BCUT2D eigenvalue weighted by atomic mass is 16.6. The first kappa shape index (κ1) is 17.2. The highest BCUT2D eigenvalue weighted by molar-refractivity contribution is 6.23. The molecule has 132 valence electrons. The SMILES string of the molecule is CC1=NN(c2ccc([N+](=O)[O-])cc2)C(=O)[C@@H]1C=NCC1CC[NH2+]CC1. The van der Waals surface area contributed by atoms with Gasteiger partial charge in [0, 0.05) is 37.7 Å². The summed E-state index contributed by atoms with van der Waals surface area (Å²) in [4.78, 5) is 27.3. The van der Waals surface area contributed by atoms with Gasteiger partial charge in [-0.3, -0.25) is 19.9 Å². The van der Waals surface area contributed by atoms with Gasteiger partial charge in [0.25, 0.3) is 11.6 Å². The van der Waals surface area contributed by atoms with Crippen molar-refractivity contribution in [1.29, 1.82) is 0 Å². The van der Waals surface area contributed by atoms with Crippen LogP contribution in [0.15, 0.2) is 34.4 Å². The van der Waals surface area contributed by atoms with Gasteiger partial charge in [-0.15, -0.1) is 0 Å². The maximum atomic E-state index is 12.6. The van der Waals surface area contributed by atoms with Gasteiger partial charge in [0.1, 0.15) is 5.92 Å². The molecule has 0 bridgehead atoms. The molecule has 1 atom stereocenters. The molecule has 2 heterocycles. The van der Waals surface area contributed by atoms with E-state index in [0.29, 0.717) is 17.3 Å². The topological polar surface area (TPSA) is 105 Å². The Bertz CT molecular complexity index is 707. The van der Waals surface area contributed by atoms with E-state index in [9.17, 15) is 14.9 Å². The number of nitro benzene ring substituents is 1. The van der Waals surface area contributed by atoms with Gasteiger partial charge in [-0.05, 0) is 25.0 Å². The Hall–Kier alpha value is -2.61. The van der Waals surface area contributed by atoms with Gasteiger partial charge in [0.05, 0.1) is 29.4 Å². The molecule has 0 aromatic heterocycles. The Labute approximate surface area is 145 Å². The number of non-ortho nitro benzene ring substituents is 1. The van der Waals surface area contributed by atoms with Crippen LogP contribution in [0.4, 0.5) is 11.4 Å². The number of nitrogens with two attached hydrogens (primary N) is 1. The van der Waals surface area contributed by atoms with Crippen LogP contribution in [0.3, 0.4) is 0 Å². The van der Waals surface area contributed by atoms with Crippen LogP contribution in [0, 0.1) is 22.0 Å². The van der Waals surface area contributed by atoms with Crippen molar-refractivity contribution in [3.8, 4) is 0 Å². The van der Waals surface area contributed by atoms with Crippen LogP contribution < -0.4 is 10.3 Å². The first-order chi connectivity index (χ1) is 12.1. The standard InChI is InChI=1S/C17H21N5O3/c1-12-16(11-19-10-13-6-8-18-9-7-13)17(23)21(20-12)14-2-4-15(5-3-14)22(24)25/h2-5,11,13,16,18H,6-10H2,1H3/p+1/t16-/m1/s1. The molecule has 1 aromatic carbocycles. The minimum absolute atomic E-state index is 0.0149. The molecule has 0 spiro atoms. The third-order valence-electron chi connectivity index (χ3n) is 4.66. The smallest absolute Gasteiger partial charge is 0.269 e. The second-order valence-corrected chi connectivity index (χ2v) is 6.47. The Morgan fingerprint density at radius 1 is 1.36 bits per heavy atom. The predicted octanol–water partition coefficient (Wildman–Crippen LogP) is 0.978. The molecule has 2 aliphatic heterocycles. The molecule has 1 fully saturated rings. The van der Waals surface area contributed by atoms with Crippen molar-refractivity contribution in [2.75, 3.05) is 24.6 Å². The van der Waals surface area contributed by atoms with Gasteiger partial charge in [-0.25, -0.2) is 0 Å². The molecule has 8 heteroatoms. The summed E-state index contributed by atoms with van der Waals surface area (Å²) < 4.78 is 0. The fourth-order valence-electron chi connectivity index (χ4n) is 3.15. The largest absolute Gasteiger partial charge is 0.346 e. The number of quaternary nitrogens is 1. The number of benzene rings is 1. The molecule has 25 heavy (non-hydrogen) atoms. The fourth-order valence-corrected chi connectivity index (χ4v) is 3.15. The fraction of sp³-hybridized carbons (Fsp3) is 0.471. The molecule has 1 amide bonds. The highest BCUT2D eigenvalue weighted by Crippen LogP contribution is 2.25. The minimum Gasteiger partial charge on any atom is -0.346 e. The van der Waals surface area contributed by atoms with Crippen molar-refractivity contribution >= 4 is 29.2 Å². The molecule has 1 saturated heterocycles. The normalized spacial score (nSPS) is 21.8. The van der Waals surface area contributed by atoms with Crippen molar-refractivity contribution < 1.29 is 15.0 Å². The molecule has 3 rings (SSSR count). The zero-order chi connectivity index (χ0) is 17.8. The maximum Gasteiger partial charge on any atom is 0.269 e. The van der Waals surface area contributed by atoms with Crippen molar-refractivity contribution in [3.05, 3.63) is 34.4 Å². The van der Waals surface area contributed by atoms with Crippen molar-refractivity contribution in [1.82, 2.24) is 0 Å². The number of rotatable bonds is 5. The van der Waals surface area contributed by atoms with Crippen molar-refractivity contribution in [2.24, 2.45) is 21.9 Å². The van der Waals surface area contributed by atoms with Gasteiger partial charge in [0.15, 0.2) is 0 Å². The molecule has 1 aromatic rings. The van der Waals surface area contributed by atoms with Crippen LogP contribution in [-0.4, -0.2) is 42.4 Å². The van der Waals surface area contributed by atoms with Crippen molar-refractivity contribution in [3.63, 3.8) is 0 Å². The average molecular weight is 344 g/mol. The third-order valence-corrected chi connectivity index (χ3v) is 4.66. The number of carbonyl (C=O) groups is 1. The summed E-state index contributed by atoms with van der Waals surface area (Å²) in [7, 11) is 0. The summed E-state index contributed by atoms with van der Waals surface area (Å²) in [5.41, 5.74) is 1.19. The zero-order valence-corrected chi connectivity index (χ0v) is 14.2. The molecule has 0 unspecified atom stereocenters. The van der Waals surface area contributed by atoms with E-state index < -0.39 is 10.8 Å². The van der Waals surface area contributed by atoms with Crippen LogP contribution in [0.5, 0.6) is 0 Å². The Morgan fingerprint density at radius 2 is 2.04 bits per heavy atom. The van der Waals surface area contributed by atoms with E-state index >= 15 is 0 Å². The van der Waals surface area contributed by atoms with Gasteiger partial charge in [0.2, 0.25) is 0 Å². The zero-order valence-electron chi connectivity index (χ0n) is 14.2. The molecule has 2 N–H and O–H groups in total. The Balaban J connectivity index is 1.65. The predicted molar refractivity (Wildman–Crippen MR) is 94.9 cm³/mol. The molecule has 8 nitrogen and oxygen atoms in total. The average Bonchev–Trinajstić information content (AvgIpc) is 2.91. The molecule has 2 aliphatic rings. The number of nitrogens with zero attached hydrogens (tertiary/aromatic N) is 4. The van der Waals surface area contributed by atoms with E-state index in [4.69, 9.17) is 0 Å². The van der Waals surface area contributed by atoms with E-state index in [1.54, 1.807) is 13.1 Å². The molecule has 0 radical (unpaired) electrons. The first-order valence-electron chi connectivity index (χ1n) is 8.51. The number of piperidine rings is 1. The number of hydrazone groups is 1. The van der Waals surface area contributed by atoms with Gasteiger partial charge >= 0.3 is 0 Å². The van der Waals surface area contributed by atoms with Crippen LogP contribution in [0.2, 0.25) is 0 Å². The number of anilines is 1. The van der Waals surface area contributed by atoms with E-state index in [1.807, 2.05) is 0 Å². The number of hydrogen-bond donors (Lipinski definition) is 1. The summed E-state index contributed by atoms with van der Waals surface area (Å²) in [5.74, 6) is -0.0294. The Morgan fingerprint density at radius 3 is 2.68 bits per heavy atom. The van der Waals surface area contributed by atoms with Gasteiger partial charge in [-0.1, -0.05) is 0 Å². The lowest BCUT2D eigenvalue weighted by Crippen LogP contribution is -2.86. The van der Waals surface area contributed by atoms with Crippen LogP contribution >= 0.6 is 0 Å². The van der Waals surface area contributed by atoms with E-state index in [1.165, 1.54) is 29.3 Å². The van der Waals surface area contributed by atoms with Crippen LogP contribution in [0.1, 0.15) is 19.8 Å². The summed E-state index contributed by atoms with van der Waals surface area (Å²) in [6.07, 6.45) is 4.03. The number of amides is 1. The molecular weight excluding hydrogens is 322 g/mol. The van der Waals surface area contributed by atoms with E-state index in [0.717, 1.165) is 32.5 Å². The highest BCUT2D eigenvalue weighted by Gasteiger charge is 2.33. The maximum absolute atomic E-state index is 12.6. The monoisotopic (exact) mass is 344 g/mol. The second-order valence-electron chi connectivity index (χ2n) is 6.47. The van der Waals surface area contributed by atoms with E-state index in [2.05, 4.69) is 15.4 Å². The summed E-state index contributed by atoms with van der Waals surface area (Å²) in [5, 5.41) is 18.6. The van der Waals surface area contributed by atoms with Crippen LogP contribution in [0.25, 0.3) is 0 Å². The molecular formula is C17H22N5O3+. The molecule has 0 saturated carbocycles. The lowest BCUT2D eigenvalue weighted by molar-refractivity contribution is -0.664. The van der Waals surface area contributed by atoms with Crippen LogP contribution in [-0.2, 0) is 4.79 Å². The quantitative estimate of drug-likeness (QED) is 0.489. The third kappa shape index (κ3) is 3.90. The Kier molecular flexibility index (Phi) is 5.18. The summed E-state index contributed by atoms with van der Waals surface area (Å²) in [6.45, 7) is 4.85. The minimum atomic E-state index is -0.470. The van der Waals surface area contributed by atoms with Gasteiger partial charge in [-0.2, -0.15) is 10.1 Å². The first-order valence-corrected chi connectivity index (χ1v) is 8.51. The molecule has 0 aliphatic carbocycles. The summed E-state index contributed by atoms with van der Waals surface area (Å²) in [6, 6.07) is 5.81. The lowest BCUT2D eigenvalue weighted by atomic mass is 9.98. The number of nitro groups is 1. The van der Waals surface area contributed by atoms with Crippen molar-refractivity contribution in [2.45, 2.75) is 19.8 Å². The van der Waals surface area contributed by atoms with E-state index in [-0.39, 0.29) is 11.6 Å².